The molecule has 0 radical (unpaired) electrons. The number of aromatic nitrogens is 3. The Kier molecular flexibility index (Phi) is 6.53. The van der Waals surface area contributed by atoms with Gasteiger partial charge in [0, 0.05) is 22.9 Å². The molecule has 0 spiro atoms. The summed E-state index contributed by atoms with van der Waals surface area (Å²) in [5.41, 5.74) is 1.68. The van der Waals surface area contributed by atoms with Gasteiger partial charge in [-0.15, -0.1) is 10.2 Å². The second-order valence-corrected chi connectivity index (χ2v) is 7.38. The molecule has 1 aromatic heterocycles. The number of thioether (sulfide) groups is 1. The van der Waals surface area contributed by atoms with Crippen LogP contribution >= 0.6 is 23.4 Å². The summed E-state index contributed by atoms with van der Waals surface area (Å²) < 4.78 is 2.03. The molecule has 0 unspecified atom stereocenters. The van der Waals surface area contributed by atoms with Gasteiger partial charge in [0.05, 0.1) is 6.04 Å². The van der Waals surface area contributed by atoms with Crippen LogP contribution in [0.2, 0.25) is 5.02 Å². The minimum atomic E-state index is -0.250. The molecule has 5 nitrogen and oxygen atoms in total. The summed E-state index contributed by atoms with van der Waals surface area (Å²) >= 11 is 7.82. The third-order valence-electron chi connectivity index (χ3n) is 4.15. The first-order chi connectivity index (χ1) is 13.1. The first-order valence-corrected chi connectivity index (χ1v) is 10.1. The molecule has 3 rings (SSSR count). The Balaban J connectivity index is 1.71. The summed E-state index contributed by atoms with van der Waals surface area (Å²) in [4.78, 5) is 12.4. The molecule has 1 amide bonds. The minimum Gasteiger partial charge on any atom is -0.342 e. The van der Waals surface area contributed by atoms with Crippen LogP contribution in [0.5, 0.6) is 0 Å². The van der Waals surface area contributed by atoms with Gasteiger partial charge in [-0.25, -0.2) is 0 Å². The second kappa shape index (κ2) is 9.06. The highest BCUT2D eigenvalue weighted by Gasteiger charge is 2.19. The fraction of sp³-hybridized carbons (Fsp3) is 0.250. The zero-order valence-corrected chi connectivity index (χ0v) is 16.8. The van der Waals surface area contributed by atoms with Crippen molar-refractivity contribution in [2.45, 2.75) is 37.3 Å². The largest absolute Gasteiger partial charge is 0.342 e. The molecule has 1 N–H and O–H groups in total. The molecule has 0 saturated heterocycles. The van der Waals surface area contributed by atoms with Gasteiger partial charge in [-0.3, -0.25) is 4.79 Å². The van der Waals surface area contributed by atoms with E-state index in [0.29, 0.717) is 11.3 Å². The first kappa shape index (κ1) is 19.5. The summed E-state index contributed by atoms with van der Waals surface area (Å²) in [7, 11) is 0. The summed E-state index contributed by atoms with van der Waals surface area (Å²) in [5, 5.41) is 13.2. The van der Waals surface area contributed by atoms with Crippen molar-refractivity contribution >= 4 is 29.3 Å². The fourth-order valence-electron chi connectivity index (χ4n) is 2.72. The lowest BCUT2D eigenvalue weighted by molar-refractivity contribution is 0.0937. The van der Waals surface area contributed by atoms with Gasteiger partial charge in [-0.05, 0) is 37.6 Å². The van der Waals surface area contributed by atoms with Crippen molar-refractivity contribution in [3.8, 4) is 0 Å². The van der Waals surface area contributed by atoms with E-state index in [0.717, 1.165) is 28.1 Å². The Labute approximate surface area is 168 Å². The van der Waals surface area contributed by atoms with Gasteiger partial charge in [0.2, 0.25) is 0 Å². The molecule has 140 valence electrons. The average Bonchev–Trinajstić information content (AvgIpc) is 3.11. The number of nitrogens with one attached hydrogen (secondary N) is 1. The predicted octanol–water partition coefficient (Wildman–Crippen LogP) is 4.73. The number of rotatable bonds is 7. The van der Waals surface area contributed by atoms with Crippen molar-refractivity contribution in [2.24, 2.45) is 0 Å². The van der Waals surface area contributed by atoms with Crippen molar-refractivity contribution in [1.82, 2.24) is 20.1 Å². The summed E-state index contributed by atoms with van der Waals surface area (Å²) in [6.45, 7) is 4.68. The maximum atomic E-state index is 12.4. The molecule has 0 aliphatic carbocycles. The highest BCUT2D eigenvalue weighted by Crippen LogP contribution is 2.27. The number of carbonyl (C=O) groups is 1. The number of halogens is 1. The van der Waals surface area contributed by atoms with Crippen LogP contribution in [0.3, 0.4) is 0 Å². The van der Waals surface area contributed by atoms with E-state index in [4.69, 9.17) is 11.6 Å². The molecule has 3 aromatic rings. The van der Waals surface area contributed by atoms with E-state index >= 15 is 0 Å². The van der Waals surface area contributed by atoms with Gasteiger partial charge >= 0.3 is 0 Å². The Morgan fingerprint density at radius 3 is 2.56 bits per heavy atom. The molecule has 2 aromatic carbocycles. The van der Waals surface area contributed by atoms with Crippen molar-refractivity contribution < 1.29 is 4.79 Å². The van der Waals surface area contributed by atoms with Crippen LogP contribution in [0.25, 0.3) is 0 Å². The van der Waals surface area contributed by atoms with Crippen LogP contribution in [0.15, 0.2) is 59.8 Å². The van der Waals surface area contributed by atoms with Crippen LogP contribution in [0.1, 0.15) is 41.6 Å². The first-order valence-electron chi connectivity index (χ1n) is 8.75. The normalized spacial score (nSPS) is 12.0. The number of benzene rings is 2. The number of amides is 1. The standard InChI is InChI=1S/C20H21ClN4OS/c1-3-25-18(14(2)22-19(26)15-9-5-4-6-10-15)23-24-20(25)27-13-16-11-7-8-12-17(16)21/h4-12,14H,3,13H2,1-2H3,(H,22,26)/t14-/m0/s1. The quantitative estimate of drug-likeness (QED) is 0.582. The van der Waals surface area contributed by atoms with Gasteiger partial charge in [0.25, 0.3) is 5.91 Å². The van der Waals surface area contributed by atoms with Gasteiger partial charge in [0.1, 0.15) is 0 Å². The molecule has 7 heteroatoms. The van der Waals surface area contributed by atoms with Gasteiger partial charge in [0.15, 0.2) is 11.0 Å². The molecule has 1 atom stereocenters. The maximum absolute atomic E-state index is 12.4. The molecule has 0 aliphatic rings. The van der Waals surface area contributed by atoms with Crippen molar-refractivity contribution in [2.75, 3.05) is 0 Å². The van der Waals surface area contributed by atoms with Crippen LogP contribution < -0.4 is 5.32 Å². The maximum Gasteiger partial charge on any atom is 0.251 e. The molecule has 27 heavy (non-hydrogen) atoms. The van der Waals surface area contributed by atoms with Gasteiger partial charge in [-0.1, -0.05) is 59.8 Å². The van der Waals surface area contributed by atoms with Crippen LogP contribution in [-0.4, -0.2) is 20.7 Å². The summed E-state index contributed by atoms with van der Waals surface area (Å²) in [6.07, 6.45) is 0. The fourth-order valence-corrected chi connectivity index (χ4v) is 4.01. The van der Waals surface area contributed by atoms with Gasteiger partial charge < -0.3 is 9.88 Å². The van der Waals surface area contributed by atoms with E-state index in [-0.39, 0.29) is 11.9 Å². The number of hydrogen-bond acceptors (Lipinski definition) is 4. The third-order valence-corrected chi connectivity index (χ3v) is 5.53. The lowest BCUT2D eigenvalue weighted by Crippen LogP contribution is -2.28. The van der Waals surface area contributed by atoms with Gasteiger partial charge in [-0.2, -0.15) is 0 Å². The Morgan fingerprint density at radius 2 is 1.85 bits per heavy atom. The second-order valence-electron chi connectivity index (χ2n) is 6.03. The van der Waals surface area contributed by atoms with Crippen molar-refractivity contribution in [3.63, 3.8) is 0 Å². The molecule has 0 saturated carbocycles. The monoisotopic (exact) mass is 400 g/mol. The SMILES string of the molecule is CCn1c(SCc2ccccc2Cl)nnc1[C@H](C)NC(=O)c1ccccc1. The Morgan fingerprint density at radius 1 is 1.15 bits per heavy atom. The highest BCUT2D eigenvalue weighted by molar-refractivity contribution is 7.98. The van der Waals surface area contributed by atoms with E-state index in [1.807, 2.05) is 60.9 Å². The predicted molar refractivity (Wildman–Crippen MR) is 109 cm³/mol. The smallest absolute Gasteiger partial charge is 0.251 e. The van der Waals surface area contributed by atoms with Crippen molar-refractivity contribution in [3.05, 3.63) is 76.6 Å². The summed E-state index contributed by atoms with van der Waals surface area (Å²) in [6, 6.07) is 16.7. The topological polar surface area (TPSA) is 59.8 Å². The Bertz CT molecular complexity index is 913. The number of carbonyl (C=O) groups excluding carboxylic acids is 1. The average molecular weight is 401 g/mol. The molecular weight excluding hydrogens is 380 g/mol. The lowest BCUT2D eigenvalue weighted by Gasteiger charge is -2.15. The molecular formula is C20H21ClN4OS. The van der Waals surface area contributed by atoms with E-state index in [1.165, 1.54) is 0 Å². The number of hydrogen-bond donors (Lipinski definition) is 1. The lowest BCUT2D eigenvalue weighted by atomic mass is 10.2. The zero-order valence-electron chi connectivity index (χ0n) is 15.2. The molecule has 1 heterocycles. The zero-order chi connectivity index (χ0) is 19.2. The van der Waals surface area contributed by atoms with E-state index in [9.17, 15) is 4.79 Å². The number of nitrogens with zero attached hydrogens (tertiary/aromatic N) is 3. The van der Waals surface area contributed by atoms with E-state index in [1.54, 1.807) is 23.9 Å². The highest BCUT2D eigenvalue weighted by atomic mass is 35.5. The van der Waals surface area contributed by atoms with Crippen LogP contribution in [0, 0.1) is 0 Å². The van der Waals surface area contributed by atoms with Crippen LogP contribution in [-0.2, 0) is 12.3 Å². The van der Waals surface area contributed by atoms with Crippen molar-refractivity contribution in [1.29, 1.82) is 0 Å². The van der Waals surface area contributed by atoms with E-state index in [2.05, 4.69) is 15.5 Å². The third kappa shape index (κ3) is 4.70. The van der Waals surface area contributed by atoms with Crippen LogP contribution in [0.4, 0.5) is 0 Å². The molecule has 0 bridgehead atoms. The molecule has 0 fully saturated rings. The Hall–Kier alpha value is -2.31. The molecule has 0 aliphatic heterocycles. The minimum absolute atomic E-state index is 0.126. The summed E-state index contributed by atoms with van der Waals surface area (Å²) in [5.74, 6) is 1.32. The van der Waals surface area contributed by atoms with E-state index < -0.39 is 0 Å².